The normalized spacial score (nSPS) is 12.5. The highest BCUT2D eigenvalue weighted by atomic mass is 127. The van der Waals surface area contributed by atoms with Gasteiger partial charge in [0.2, 0.25) is 0 Å². The molecule has 0 aliphatic carbocycles. The molecule has 0 saturated carbocycles. The Kier molecular flexibility index (Phi) is 4.52. The van der Waals surface area contributed by atoms with Crippen molar-refractivity contribution < 1.29 is 9.84 Å². The van der Waals surface area contributed by atoms with Gasteiger partial charge in [-0.1, -0.05) is 6.92 Å². The fourth-order valence-corrected chi connectivity index (χ4v) is 1.18. The van der Waals surface area contributed by atoms with Crippen LogP contribution in [-0.2, 0) is 0 Å². The van der Waals surface area contributed by atoms with Gasteiger partial charge in [0.1, 0.15) is 5.75 Å². The maximum absolute atomic E-state index is 8.78. The molecule has 0 aliphatic heterocycles. The van der Waals surface area contributed by atoms with Crippen LogP contribution in [0.15, 0.2) is 24.3 Å². The SMILES string of the molecule is CC(CO)COc1ccc(I)cc1. The molecule has 3 heteroatoms. The van der Waals surface area contributed by atoms with Gasteiger partial charge in [-0.05, 0) is 46.9 Å². The van der Waals surface area contributed by atoms with E-state index in [1.165, 1.54) is 3.57 Å². The minimum absolute atomic E-state index is 0.171. The molecule has 0 radical (unpaired) electrons. The summed E-state index contributed by atoms with van der Waals surface area (Å²) in [6.45, 7) is 2.69. The number of hydrogen-bond acceptors (Lipinski definition) is 2. The Morgan fingerprint density at radius 1 is 1.38 bits per heavy atom. The lowest BCUT2D eigenvalue weighted by Gasteiger charge is -2.09. The van der Waals surface area contributed by atoms with Crippen molar-refractivity contribution in [2.24, 2.45) is 5.92 Å². The van der Waals surface area contributed by atoms with Gasteiger partial charge in [-0.25, -0.2) is 0 Å². The Balaban J connectivity index is 2.41. The van der Waals surface area contributed by atoms with Crippen molar-refractivity contribution >= 4 is 22.6 Å². The van der Waals surface area contributed by atoms with Gasteiger partial charge in [-0.15, -0.1) is 0 Å². The van der Waals surface area contributed by atoms with Gasteiger partial charge in [-0.2, -0.15) is 0 Å². The second kappa shape index (κ2) is 5.44. The van der Waals surface area contributed by atoms with E-state index in [-0.39, 0.29) is 12.5 Å². The highest BCUT2D eigenvalue weighted by Gasteiger charge is 2.00. The summed E-state index contributed by atoms with van der Waals surface area (Å²) in [5.74, 6) is 1.06. The number of benzene rings is 1. The zero-order valence-corrected chi connectivity index (χ0v) is 9.69. The molecule has 2 nitrogen and oxygen atoms in total. The topological polar surface area (TPSA) is 29.5 Å². The Morgan fingerprint density at radius 2 is 2.00 bits per heavy atom. The summed E-state index contributed by atoms with van der Waals surface area (Å²) in [6, 6.07) is 7.87. The van der Waals surface area contributed by atoms with Crippen LogP contribution in [0.5, 0.6) is 5.75 Å². The summed E-state index contributed by atoms with van der Waals surface area (Å²) in [7, 11) is 0. The zero-order valence-electron chi connectivity index (χ0n) is 7.53. The molecule has 72 valence electrons. The van der Waals surface area contributed by atoms with Crippen molar-refractivity contribution in [1.82, 2.24) is 0 Å². The third-order valence-electron chi connectivity index (χ3n) is 1.66. The van der Waals surface area contributed by atoms with Crippen LogP contribution in [0.1, 0.15) is 6.92 Å². The van der Waals surface area contributed by atoms with Crippen molar-refractivity contribution in [2.45, 2.75) is 6.92 Å². The third kappa shape index (κ3) is 3.95. The minimum atomic E-state index is 0.171. The largest absolute Gasteiger partial charge is 0.493 e. The molecule has 13 heavy (non-hydrogen) atoms. The number of halogens is 1. The Labute approximate surface area is 92.1 Å². The van der Waals surface area contributed by atoms with Gasteiger partial charge in [0.05, 0.1) is 6.61 Å². The van der Waals surface area contributed by atoms with E-state index < -0.39 is 0 Å². The molecule has 0 spiro atoms. The molecule has 1 unspecified atom stereocenters. The average molecular weight is 292 g/mol. The lowest BCUT2D eigenvalue weighted by atomic mass is 10.2. The van der Waals surface area contributed by atoms with Gasteiger partial charge < -0.3 is 9.84 Å². The first-order valence-electron chi connectivity index (χ1n) is 4.21. The molecule has 0 aromatic heterocycles. The van der Waals surface area contributed by atoms with Crippen LogP contribution in [0.2, 0.25) is 0 Å². The van der Waals surface area contributed by atoms with E-state index >= 15 is 0 Å². The quantitative estimate of drug-likeness (QED) is 0.863. The second-order valence-electron chi connectivity index (χ2n) is 3.05. The highest BCUT2D eigenvalue weighted by molar-refractivity contribution is 14.1. The number of aliphatic hydroxyl groups is 1. The van der Waals surface area contributed by atoms with Crippen molar-refractivity contribution in [2.75, 3.05) is 13.2 Å². The number of ether oxygens (including phenoxy) is 1. The van der Waals surface area contributed by atoms with Crippen molar-refractivity contribution in [3.8, 4) is 5.75 Å². The van der Waals surface area contributed by atoms with Crippen LogP contribution < -0.4 is 4.74 Å². The summed E-state index contributed by atoms with van der Waals surface area (Å²) in [6.07, 6.45) is 0. The first kappa shape index (κ1) is 10.8. The lowest BCUT2D eigenvalue weighted by molar-refractivity contribution is 0.174. The van der Waals surface area contributed by atoms with Crippen molar-refractivity contribution in [1.29, 1.82) is 0 Å². The number of aliphatic hydroxyl groups excluding tert-OH is 1. The molecule has 1 aromatic rings. The van der Waals surface area contributed by atoms with E-state index in [1.54, 1.807) is 0 Å². The van der Waals surface area contributed by atoms with Gasteiger partial charge in [0, 0.05) is 16.1 Å². The fourth-order valence-electron chi connectivity index (χ4n) is 0.822. The van der Waals surface area contributed by atoms with E-state index in [2.05, 4.69) is 22.6 Å². The smallest absolute Gasteiger partial charge is 0.119 e. The van der Waals surface area contributed by atoms with E-state index in [4.69, 9.17) is 9.84 Å². The van der Waals surface area contributed by atoms with Crippen LogP contribution in [0.4, 0.5) is 0 Å². The number of rotatable bonds is 4. The summed E-state index contributed by atoms with van der Waals surface area (Å²) < 4.78 is 6.64. The Morgan fingerprint density at radius 3 is 2.54 bits per heavy atom. The van der Waals surface area contributed by atoms with Crippen LogP contribution in [-0.4, -0.2) is 18.3 Å². The summed E-state index contributed by atoms with van der Waals surface area (Å²) in [5, 5.41) is 8.78. The zero-order chi connectivity index (χ0) is 9.68. The highest BCUT2D eigenvalue weighted by Crippen LogP contribution is 2.14. The van der Waals surface area contributed by atoms with E-state index in [9.17, 15) is 0 Å². The van der Waals surface area contributed by atoms with Crippen LogP contribution >= 0.6 is 22.6 Å². The van der Waals surface area contributed by atoms with E-state index in [0.717, 1.165) is 5.75 Å². The van der Waals surface area contributed by atoms with Crippen molar-refractivity contribution in [3.63, 3.8) is 0 Å². The third-order valence-corrected chi connectivity index (χ3v) is 2.38. The molecule has 0 heterocycles. The lowest BCUT2D eigenvalue weighted by Crippen LogP contribution is -2.11. The molecule has 0 bridgehead atoms. The molecule has 1 N–H and O–H groups in total. The van der Waals surface area contributed by atoms with E-state index in [1.807, 2.05) is 31.2 Å². The van der Waals surface area contributed by atoms with Gasteiger partial charge in [0.25, 0.3) is 0 Å². The molecule has 1 rings (SSSR count). The first-order chi connectivity index (χ1) is 6.22. The van der Waals surface area contributed by atoms with Gasteiger partial charge in [-0.3, -0.25) is 0 Å². The van der Waals surface area contributed by atoms with Crippen molar-refractivity contribution in [3.05, 3.63) is 27.8 Å². The maximum Gasteiger partial charge on any atom is 0.119 e. The molecule has 0 saturated heterocycles. The molecular weight excluding hydrogens is 279 g/mol. The van der Waals surface area contributed by atoms with E-state index in [0.29, 0.717) is 6.61 Å². The van der Waals surface area contributed by atoms with Crippen LogP contribution in [0, 0.1) is 9.49 Å². The summed E-state index contributed by atoms with van der Waals surface area (Å²) in [5.41, 5.74) is 0. The number of hydrogen-bond donors (Lipinski definition) is 1. The van der Waals surface area contributed by atoms with Gasteiger partial charge in [0.15, 0.2) is 0 Å². The summed E-state index contributed by atoms with van der Waals surface area (Å²) >= 11 is 2.25. The monoisotopic (exact) mass is 292 g/mol. The minimum Gasteiger partial charge on any atom is -0.493 e. The maximum atomic E-state index is 8.78. The summed E-state index contributed by atoms with van der Waals surface area (Å²) in [4.78, 5) is 0. The standard InChI is InChI=1S/C10H13IO2/c1-8(6-12)7-13-10-4-2-9(11)3-5-10/h2-5,8,12H,6-7H2,1H3. The second-order valence-corrected chi connectivity index (χ2v) is 4.30. The van der Waals surface area contributed by atoms with Gasteiger partial charge >= 0.3 is 0 Å². The molecule has 0 amide bonds. The predicted molar refractivity (Wildman–Crippen MR) is 60.9 cm³/mol. The molecule has 1 aromatic carbocycles. The molecule has 1 atom stereocenters. The molecule has 0 fully saturated rings. The van der Waals surface area contributed by atoms with Crippen LogP contribution in [0.3, 0.4) is 0 Å². The Bertz CT molecular complexity index is 246. The fraction of sp³-hybridized carbons (Fsp3) is 0.400. The molecule has 0 aliphatic rings. The molecular formula is C10H13IO2. The van der Waals surface area contributed by atoms with Crippen LogP contribution in [0.25, 0.3) is 0 Å². The predicted octanol–water partition coefficient (Wildman–Crippen LogP) is 2.30. The first-order valence-corrected chi connectivity index (χ1v) is 5.29. The average Bonchev–Trinajstić information content (AvgIpc) is 2.16. The Hall–Kier alpha value is -0.290.